The Labute approximate surface area is 101 Å². The van der Waals surface area contributed by atoms with E-state index in [4.69, 9.17) is 0 Å². The van der Waals surface area contributed by atoms with Gasteiger partial charge >= 0.3 is 0 Å². The highest BCUT2D eigenvalue weighted by atomic mass is 16.3. The minimum absolute atomic E-state index is 0.0303. The van der Waals surface area contributed by atoms with E-state index in [-0.39, 0.29) is 12.5 Å². The Morgan fingerprint density at radius 2 is 1.88 bits per heavy atom. The topological polar surface area (TPSA) is 43.8 Å². The van der Waals surface area contributed by atoms with Gasteiger partial charge in [0.1, 0.15) is 0 Å². The smallest absolute Gasteiger partial charge is 0.254 e. The fraction of sp³-hybridized carbons (Fsp3) is 0.462. The van der Waals surface area contributed by atoms with Crippen molar-refractivity contribution in [3.63, 3.8) is 0 Å². The van der Waals surface area contributed by atoms with Crippen LogP contribution in [0.25, 0.3) is 0 Å². The number of carbonyl (C=O) groups excluding carboxylic acids is 1. The Balaban J connectivity index is 2.14. The molecule has 1 aliphatic heterocycles. The molecular weight excluding hydrogens is 216 g/mol. The van der Waals surface area contributed by atoms with Crippen LogP contribution in [0, 0.1) is 0 Å². The maximum atomic E-state index is 12.3. The molecule has 0 bridgehead atoms. The molecule has 1 N–H and O–H groups in total. The van der Waals surface area contributed by atoms with Crippen molar-refractivity contribution in [2.75, 3.05) is 33.2 Å². The van der Waals surface area contributed by atoms with E-state index in [0.29, 0.717) is 11.1 Å². The number of hydrogen-bond acceptors (Lipinski definition) is 3. The first-order valence-electron chi connectivity index (χ1n) is 5.89. The van der Waals surface area contributed by atoms with E-state index in [9.17, 15) is 9.90 Å². The molecule has 2 rings (SSSR count). The van der Waals surface area contributed by atoms with Crippen molar-refractivity contribution in [3.05, 3.63) is 35.4 Å². The van der Waals surface area contributed by atoms with Crippen molar-refractivity contribution in [2.24, 2.45) is 0 Å². The van der Waals surface area contributed by atoms with Crippen molar-refractivity contribution in [3.8, 4) is 0 Å². The van der Waals surface area contributed by atoms with Crippen LogP contribution in [0.5, 0.6) is 0 Å². The quantitative estimate of drug-likeness (QED) is 0.813. The Hall–Kier alpha value is -1.39. The predicted molar refractivity (Wildman–Crippen MR) is 65.8 cm³/mol. The van der Waals surface area contributed by atoms with Crippen molar-refractivity contribution in [1.29, 1.82) is 0 Å². The van der Waals surface area contributed by atoms with Crippen molar-refractivity contribution in [1.82, 2.24) is 9.80 Å². The maximum Gasteiger partial charge on any atom is 0.254 e. The van der Waals surface area contributed by atoms with Crippen LogP contribution in [0.1, 0.15) is 15.9 Å². The normalized spacial score (nSPS) is 17.2. The average molecular weight is 234 g/mol. The molecule has 17 heavy (non-hydrogen) atoms. The van der Waals surface area contributed by atoms with E-state index in [2.05, 4.69) is 11.9 Å². The number of carbonyl (C=O) groups is 1. The molecule has 4 nitrogen and oxygen atoms in total. The molecule has 0 radical (unpaired) electrons. The van der Waals surface area contributed by atoms with Crippen molar-refractivity contribution < 1.29 is 9.90 Å². The van der Waals surface area contributed by atoms with Gasteiger partial charge in [-0.25, -0.2) is 0 Å². The number of nitrogens with zero attached hydrogens (tertiary/aromatic N) is 2. The lowest BCUT2D eigenvalue weighted by Crippen LogP contribution is -2.47. The first-order chi connectivity index (χ1) is 8.22. The van der Waals surface area contributed by atoms with Crippen LogP contribution in [-0.2, 0) is 6.61 Å². The molecule has 92 valence electrons. The van der Waals surface area contributed by atoms with E-state index >= 15 is 0 Å². The zero-order valence-electron chi connectivity index (χ0n) is 10.1. The molecule has 0 aliphatic carbocycles. The third-order valence-electron chi connectivity index (χ3n) is 3.21. The van der Waals surface area contributed by atoms with Crippen LogP contribution in [0.4, 0.5) is 0 Å². The Morgan fingerprint density at radius 1 is 1.24 bits per heavy atom. The molecule has 1 saturated heterocycles. The van der Waals surface area contributed by atoms with Crippen LogP contribution < -0.4 is 0 Å². The highest BCUT2D eigenvalue weighted by Crippen LogP contribution is 2.13. The molecule has 0 saturated carbocycles. The number of hydrogen-bond donors (Lipinski definition) is 1. The molecule has 1 amide bonds. The van der Waals surface area contributed by atoms with Gasteiger partial charge in [-0.05, 0) is 18.7 Å². The second-order valence-electron chi connectivity index (χ2n) is 4.41. The fourth-order valence-corrected chi connectivity index (χ4v) is 2.05. The van der Waals surface area contributed by atoms with Crippen molar-refractivity contribution in [2.45, 2.75) is 6.61 Å². The van der Waals surface area contributed by atoms with Gasteiger partial charge < -0.3 is 14.9 Å². The number of amides is 1. The van der Waals surface area contributed by atoms with E-state index in [1.807, 2.05) is 17.0 Å². The van der Waals surface area contributed by atoms with Gasteiger partial charge in [0.2, 0.25) is 0 Å². The molecule has 0 aromatic heterocycles. The monoisotopic (exact) mass is 234 g/mol. The van der Waals surface area contributed by atoms with Crippen LogP contribution in [0.15, 0.2) is 24.3 Å². The van der Waals surface area contributed by atoms with Gasteiger partial charge in [-0.1, -0.05) is 18.2 Å². The van der Waals surface area contributed by atoms with Crippen molar-refractivity contribution >= 4 is 5.91 Å². The Morgan fingerprint density at radius 3 is 2.53 bits per heavy atom. The van der Waals surface area contributed by atoms with Crippen LogP contribution in [0.2, 0.25) is 0 Å². The number of likely N-dealkylation sites (N-methyl/N-ethyl adjacent to an activating group) is 1. The molecule has 1 aromatic carbocycles. The van der Waals surface area contributed by atoms with Gasteiger partial charge in [0, 0.05) is 31.7 Å². The van der Waals surface area contributed by atoms with Crippen LogP contribution >= 0.6 is 0 Å². The van der Waals surface area contributed by atoms with E-state index in [1.165, 1.54) is 0 Å². The summed E-state index contributed by atoms with van der Waals surface area (Å²) in [6.07, 6.45) is 0. The zero-order valence-corrected chi connectivity index (χ0v) is 10.1. The molecule has 1 aromatic rings. The third kappa shape index (κ3) is 2.65. The Bertz CT molecular complexity index is 398. The second-order valence-corrected chi connectivity index (χ2v) is 4.41. The SMILES string of the molecule is CN1CCN(C(=O)c2ccccc2CO)CC1. The summed E-state index contributed by atoms with van der Waals surface area (Å²) in [5, 5.41) is 9.23. The summed E-state index contributed by atoms with van der Waals surface area (Å²) < 4.78 is 0. The summed E-state index contributed by atoms with van der Waals surface area (Å²) in [5.74, 6) is 0.0303. The lowest BCUT2D eigenvalue weighted by atomic mass is 10.1. The predicted octanol–water partition coefficient (Wildman–Crippen LogP) is 0.567. The summed E-state index contributed by atoms with van der Waals surface area (Å²) in [5.41, 5.74) is 1.33. The average Bonchev–Trinajstić information content (AvgIpc) is 2.39. The van der Waals surface area contributed by atoms with Gasteiger partial charge in [-0.15, -0.1) is 0 Å². The lowest BCUT2D eigenvalue weighted by Gasteiger charge is -2.32. The minimum atomic E-state index is -0.0876. The lowest BCUT2D eigenvalue weighted by molar-refractivity contribution is 0.0661. The van der Waals surface area contributed by atoms with Gasteiger partial charge in [0.05, 0.1) is 6.61 Å². The molecule has 0 atom stereocenters. The summed E-state index contributed by atoms with van der Waals surface area (Å²) >= 11 is 0. The van der Waals surface area contributed by atoms with E-state index < -0.39 is 0 Å². The molecule has 1 fully saturated rings. The number of rotatable bonds is 2. The first kappa shape index (κ1) is 12.1. The molecular formula is C13H18N2O2. The van der Waals surface area contributed by atoms with Gasteiger partial charge in [-0.3, -0.25) is 4.79 Å². The summed E-state index contributed by atoms with van der Waals surface area (Å²) in [6, 6.07) is 7.25. The summed E-state index contributed by atoms with van der Waals surface area (Å²) in [6.45, 7) is 3.25. The Kier molecular flexibility index (Phi) is 3.76. The van der Waals surface area contributed by atoms with E-state index in [1.54, 1.807) is 12.1 Å². The maximum absolute atomic E-state index is 12.3. The fourth-order valence-electron chi connectivity index (χ4n) is 2.05. The molecule has 0 unspecified atom stereocenters. The third-order valence-corrected chi connectivity index (χ3v) is 3.21. The van der Waals surface area contributed by atoms with Gasteiger partial charge in [0.15, 0.2) is 0 Å². The standard InChI is InChI=1S/C13H18N2O2/c1-14-6-8-15(9-7-14)13(17)12-5-3-2-4-11(12)10-16/h2-5,16H,6-10H2,1H3. The number of piperazine rings is 1. The first-order valence-corrected chi connectivity index (χ1v) is 5.89. The van der Waals surface area contributed by atoms with Crippen LogP contribution in [0.3, 0.4) is 0 Å². The van der Waals surface area contributed by atoms with E-state index in [0.717, 1.165) is 26.2 Å². The molecule has 1 aliphatic rings. The zero-order chi connectivity index (χ0) is 12.3. The molecule has 4 heteroatoms. The van der Waals surface area contributed by atoms with Gasteiger partial charge in [0.25, 0.3) is 5.91 Å². The number of aliphatic hydroxyl groups excluding tert-OH is 1. The number of benzene rings is 1. The summed E-state index contributed by atoms with van der Waals surface area (Å²) in [4.78, 5) is 16.3. The largest absolute Gasteiger partial charge is 0.392 e. The molecule has 0 spiro atoms. The molecule has 1 heterocycles. The summed E-state index contributed by atoms with van der Waals surface area (Å²) in [7, 11) is 2.06. The van der Waals surface area contributed by atoms with Gasteiger partial charge in [-0.2, -0.15) is 0 Å². The highest BCUT2D eigenvalue weighted by molar-refractivity contribution is 5.95. The number of aliphatic hydroxyl groups is 1. The van der Waals surface area contributed by atoms with Crippen LogP contribution in [-0.4, -0.2) is 54.0 Å². The highest BCUT2D eigenvalue weighted by Gasteiger charge is 2.21. The second kappa shape index (κ2) is 5.29. The minimum Gasteiger partial charge on any atom is -0.392 e.